The van der Waals surface area contributed by atoms with Crippen molar-refractivity contribution in [1.82, 2.24) is 10.6 Å². The first-order valence-corrected chi connectivity index (χ1v) is 5.55. The minimum atomic E-state index is -0.633. The van der Waals surface area contributed by atoms with Gasteiger partial charge in [0.25, 0.3) is 0 Å². The number of ether oxygens (including phenoxy) is 2. The number of fused-ring (bicyclic) bond motifs is 4. The van der Waals surface area contributed by atoms with Gasteiger partial charge in [-0.2, -0.15) is 0 Å². The highest BCUT2D eigenvalue weighted by Gasteiger charge is 2.43. The zero-order valence-corrected chi connectivity index (χ0v) is 9.74. The van der Waals surface area contributed by atoms with Crippen molar-refractivity contribution < 1.29 is 14.3 Å². The van der Waals surface area contributed by atoms with Gasteiger partial charge >= 0.3 is 6.03 Å². The maximum Gasteiger partial charge on any atom is 0.318 e. The van der Waals surface area contributed by atoms with Gasteiger partial charge in [-0.1, -0.05) is 0 Å². The Labute approximate surface area is 99.1 Å². The fourth-order valence-corrected chi connectivity index (χ4v) is 2.44. The lowest BCUT2D eigenvalue weighted by atomic mass is 9.92. The number of nitrogens with one attached hydrogen (secondary N) is 2. The van der Waals surface area contributed by atoms with Crippen LogP contribution < -0.4 is 20.1 Å². The molecule has 5 nitrogen and oxygen atoms in total. The minimum absolute atomic E-state index is 0.00315. The van der Waals surface area contributed by atoms with Crippen LogP contribution in [0.3, 0.4) is 0 Å². The molecule has 0 radical (unpaired) electrons. The van der Waals surface area contributed by atoms with Crippen molar-refractivity contribution in [1.29, 1.82) is 0 Å². The third-order valence-corrected chi connectivity index (χ3v) is 3.21. The molecule has 0 spiro atoms. The summed E-state index contributed by atoms with van der Waals surface area (Å²) in [7, 11) is 1.62. The molecule has 0 saturated carbocycles. The van der Waals surface area contributed by atoms with Gasteiger partial charge in [-0.3, -0.25) is 0 Å². The standard InChI is InChI=1S/C12H14N2O3/c1-12-6-9(13-11(15)14-12)8-4-3-7(16-2)5-10(8)17-12/h3-5,9H,6H2,1-2H3,(H2,13,14,15). The summed E-state index contributed by atoms with van der Waals surface area (Å²) in [6.07, 6.45) is 0.720. The molecule has 2 aliphatic rings. The van der Waals surface area contributed by atoms with Crippen LogP contribution in [-0.4, -0.2) is 18.9 Å². The molecule has 17 heavy (non-hydrogen) atoms. The van der Waals surface area contributed by atoms with Crippen LogP contribution in [0.5, 0.6) is 11.5 Å². The van der Waals surface area contributed by atoms with E-state index in [0.717, 1.165) is 23.5 Å². The van der Waals surface area contributed by atoms with Crippen LogP contribution in [0.25, 0.3) is 0 Å². The summed E-state index contributed by atoms with van der Waals surface area (Å²) in [4.78, 5) is 11.5. The van der Waals surface area contributed by atoms with Gasteiger partial charge in [0.05, 0.1) is 13.2 Å². The van der Waals surface area contributed by atoms with E-state index < -0.39 is 5.72 Å². The van der Waals surface area contributed by atoms with Crippen molar-refractivity contribution >= 4 is 6.03 Å². The van der Waals surface area contributed by atoms with Gasteiger partial charge in [-0.15, -0.1) is 0 Å². The topological polar surface area (TPSA) is 59.6 Å². The second kappa shape index (κ2) is 3.29. The molecule has 5 heteroatoms. The molecule has 90 valence electrons. The Bertz CT molecular complexity index is 489. The number of benzene rings is 1. The van der Waals surface area contributed by atoms with Gasteiger partial charge in [0.1, 0.15) is 11.5 Å². The molecule has 2 aliphatic heterocycles. The number of hydrogen-bond donors (Lipinski definition) is 2. The molecule has 2 unspecified atom stereocenters. The predicted molar refractivity (Wildman–Crippen MR) is 61.1 cm³/mol. The first-order chi connectivity index (χ1) is 8.09. The summed E-state index contributed by atoms with van der Waals surface area (Å²) in [6.45, 7) is 1.88. The summed E-state index contributed by atoms with van der Waals surface area (Å²) >= 11 is 0. The number of urea groups is 1. The SMILES string of the molecule is COc1ccc2c(c1)OC1(C)CC2NC(=O)N1. The largest absolute Gasteiger partial charge is 0.497 e. The molecule has 1 aromatic carbocycles. The quantitative estimate of drug-likeness (QED) is 0.775. The Kier molecular flexibility index (Phi) is 1.98. The lowest BCUT2D eigenvalue weighted by molar-refractivity contribution is 0.0117. The lowest BCUT2D eigenvalue weighted by Crippen LogP contribution is -2.62. The maximum atomic E-state index is 11.5. The van der Waals surface area contributed by atoms with Crippen LogP contribution in [0.4, 0.5) is 4.79 Å². The highest BCUT2D eigenvalue weighted by molar-refractivity contribution is 5.77. The molecule has 0 aromatic heterocycles. The number of carbonyl (C=O) groups excluding carboxylic acids is 1. The van der Waals surface area contributed by atoms with Crippen LogP contribution in [0.15, 0.2) is 18.2 Å². The minimum Gasteiger partial charge on any atom is -0.497 e. The van der Waals surface area contributed by atoms with E-state index in [1.54, 1.807) is 7.11 Å². The van der Waals surface area contributed by atoms with Crippen LogP contribution in [0, 0.1) is 0 Å². The van der Waals surface area contributed by atoms with Crippen molar-refractivity contribution in [2.45, 2.75) is 25.1 Å². The fraction of sp³-hybridized carbons (Fsp3) is 0.417. The summed E-state index contributed by atoms with van der Waals surface area (Å²) in [5, 5.41) is 5.69. The first-order valence-electron chi connectivity index (χ1n) is 5.55. The zero-order valence-electron chi connectivity index (χ0n) is 9.74. The zero-order chi connectivity index (χ0) is 12.0. The highest BCUT2D eigenvalue weighted by Crippen LogP contribution is 2.41. The van der Waals surface area contributed by atoms with Crippen LogP contribution in [-0.2, 0) is 0 Å². The van der Waals surface area contributed by atoms with Crippen molar-refractivity contribution in [2.24, 2.45) is 0 Å². The smallest absolute Gasteiger partial charge is 0.318 e. The molecule has 2 heterocycles. The third kappa shape index (κ3) is 1.58. The molecular formula is C12H14N2O3. The van der Waals surface area contributed by atoms with E-state index in [1.165, 1.54) is 0 Å². The van der Waals surface area contributed by atoms with E-state index in [1.807, 2.05) is 25.1 Å². The van der Waals surface area contributed by atoms with Gasteiger partial charge in [0.2, 0.25) is 0 Å². The second-order valence-corrected chi connectivity index (χ2v) is 4.59. The van der Waals surface area contributed by atoms with Crippen molar-refractivity contribution in [3.05, 3.63) is 23.8 Å². The van der Waals surface area contributed by atoms with E-state index in [4.69, 9.17) is 9.47 Å². The van der Waals surface area contributed by atoms with Crippen molar-refractivity contribution in [3.63, 3.8) is 0 Å². The lowest BCUT2D eigenvalue weighted by Gasteiger charge is -2.44. The van der Waals surface area contributed by atoms with Crippen molar-refractivity contribution in [2.75, 3.05) is 7.11 Å². The van der Waals surface area contributed by atoms with Gasteiger partial charge in [-0.25, -0.2) is 4.79 Å². The fourth-order valence-electron chi connectivity index (χ4n) is 2.44. The molecule has 1 saturated heterocycles. The van der Waals surface area contributed by atoms with E-state index in [9.17, 15) is 4.79 Å². The molecule has 3 rings (SSSR count). The van der Waals surface area contributed by atoms with Crippen molar-refractivity contribution in [3.8, 4) is 11.5 Å². The molecule has 1 aromatic rings. The van der Waals surface area contributed by atoms with E-state index in [2.05, 4.69) is 10.6 Å². The summed E-state index contributed by atoms with van der Waals surface area (Å²) < 4.78 is 11.0. The predicted octanol–water partition coefficient (Wildman–Crippen LogP) is 1.55. The summed E-state index contributed by atoms with van der Waals surface area (Å²) in [5.41, 5.74) is 0.366. The summed E-state index contributed by atoms with van der Waals surface area (Å²) in [5.74, 6) is 1.51. The summed E-state index contributed by atoms with van der Waals surface area (Å²) in [6, 6.07) is 5.47. The van der Waals surface area contributed by atoms with E-state index >= 15 is 0 Å². The number of carbonyl (C=O) groups is 1. The van der Waals surface area contributed by atoms with Gasteiger partial charge in [0, 0.05) is 18.1 Å². The number of amides is 2. The monoisotopic (exact) mass is 234 g/mol. The third-order valence-electron chi connectivity index (χ3n) is 3.21. The Balaban J connectivity index is 2.06. The van der Waals surface area contributed by atoms with Gasteiger partial charge in [0.15, 0.2) is 5.72 Å². The van der Waals surface area contributed by atoms with Gasteiger partial charge in [-0.05, 0) is 19.1 Å². The molecule has 2 atom stereocenters. The molecule has 2 bridgehead atoms. The normalized spacial score (nSPS) is 29.5. The van der Waals surface area contributed by atoms with Gasteiger partial charge < -0.3 is 20.1 Å². The average Bonchev–Trinajstić information content (AvgIpc) is 2.26. The van der Waals surface area contributed by atoms with Crippen LogP contribution in [0.1, 0.15) is 24.9 Å². The van der Waals surface area contributed by atoms with E-state index in [-0.39, 0.29) is 12.1 Å². The molecule has 0 aliphatic carbocycles. The highest BCUT2D eigenvalue weighted by atomic mass is 16.5. The maximum absolute atomic E-state index is 11.5. The number of methoxy groups -OCH3 is 1. The van der Waals surface area contributed by atoms with Crippen LogP contribution >= 0.6 is 0 Å². The molecule has 2 amide bonds. The Morgan fingerprint density at radius 2 is 2.35 bits per heavy atom. The van der Waals surface area contributed by atoms with Crippen LogP contribution in [0.2, 0.25) is 0 Å². The first kappa shape index (κ1) is 10.3. The molecular weight excluding hydrogens is 220 g/mol. The molecule has 2 N–H and O–H groups in total. The Morgan fingerprint density at radius 3 is 3.12 bits per heavy atom. The second-order valence-electron chi connectivity index (χ2n) is 4.59. The average molecular weight is 234 g/mol. The Hall–Kier alpha value is -1.91. The van der Waals surface area contributed by atoms with E-state index in [0.29, 0.717) is 0 Å². The molecule has 1 fully saturated rings. The number of hydrogen-bond acceptors (Lipinski definition) is 3. The number of rotatable bonds is 1. The Morgan fingerprint density at radius 1 is 1.53 bits per heavy atom.